The second-order valence-electron chi connectivity index (χ2n) is 5.29. The molecule has 0 spiro atoms. The van der Waals surface area contributed by atoms with Crippen molar-refractivity contribution in [2.24, 2.45) is 11.3 Å². The van der Waals surface area contributed by atoms with Gasteiger partial charge in [0.25, 0.3) is 0 Å². The topological polar surface area (TPSA) is 27.7 Å². The van der Waals surface area contributed by atoms with Crippen LogP contribution in [0.3, 0.4) is 0 Å². The van der Waals surface area contributed by atoms with Crippen molar-refractivity contribution < 1.29 is 14.2 Å². The predicted octanol–water partition coefficient (Wildman–Crippen LogP) is 2.40. The molecule has 1 fully saturated rings. The number of rotatable bonds is 8. The highest BCUT2D eigenvalue weighted by atomic mass is 32.1. The number of hydrogen-bond donors (Lipinski definition) is 1. The zero-order valence-electron chi connectivity index (χ0n) is 11.1. The van der Waals surface area contributed by atoms with Crippen LogP contribution in [0.5, 0.6) is 0 Å². The van der Waals surface area contributed by atoms with E-state index in [1.165, 1.54) is 0 Å². The van der Waals surface area contributed by atoms with Crippen LogP contribution in [0, 0.1) is 11.3 Å². The molecule has 1 aliphatic heterocycles. The summed E-state index contributed by atoms with van der Waals surface area (Å²) in [6, 6.07) is 0. The van der Waals surface area contributed by atoms with Crippen molar-refractivity contribution in [1.82, 2.24) is 0 Å². The molecule has 1 saturated heterocycles. The molecule has 17 heavy (non-hydrogen) atoms. The molecular weight excluding hydrogens is 236 g/mol. The molecule has 0 aromatic rings. The van der Waals surface area contributed by atoms with Gasteiger partial charge in [0, 0.05) is 25.2 Å². The van der Waals surface area contributed by atoms with Gasteiger partial charge in [-0.3, -0.25) is 0 Å². The molecular formula is C13H26O3S. The molecule has 0 amide bonds. The lowest BCUT2D eigenvalue weighted by Gasteiger charge is -2.35. The Morgan fingerprint density at radius 2 is 1.82 bits per heavy atom. The minimum absolute atomic E-state index is 0.222. The second kappa shape index (κ2) is 8.35. The molecule has 0 aromatic heterocycles. The summed E-state index contributed by atoms with van der Waals surface area (Å²) in [7, 11) is 0. The Morgan fingerprint density at radius 1 is 1.18 bits per heavy atom. The van der Waals surface area contributed by atoms with Crippen LogP contribution in [0.1, 0.15) is 26.7 Å². The average Bonchev–Trinajstić information content (AvgIpc) is 2.34. The Morgan fingerprint density at radius 3 is 2.41 bits per heavy atom. The molecule has 3 nitrogen and oxygen atoms in total. The van der Waals surface area contributed by atoms with E-state index in [1.807, 2.05) is 0 Å². The van der Waals surface area contributed by atoms with E-state index < -0.39 is 0 Å². The molecule has 0 saturated carbocycles. The van der Waals surface area contributed by atoms with Crippen LogP contribution in [-0.4, -0.2) is 45.4 Å². The summed E-state index contributed by atoms with van der Waals surface area (Å²) in [5.41, 5.74) is 0.222. The summed E-state index contributed by atoms with van der Waals surface area (Å²) in [4.78, 5) is 0. The molecule has 1 aliphatic rings. The van der Waals surface area contributed by atoms with Crippen molar-refractivity contribution in [3.8, 4) is 0 Å². The average molecular weight is 262 g/mol. The lowest BCUT2D eigenvalue weighted by atomic mass is 9.83. The van der Waals surface area contributed by atoms with Gasteiger partial charge in [-0.1, -0.05) is 13.8 Å². The van der Waals surface area contributed by atoms with Crippen LogP contribution in [0.15, 0.2) is 0 Å². The summed E-state index contributed by atoms with van der Waals surface area (Å²) in [6.45, 7) is 8.96. The monoisotopic (exact) mass is 262 g/mol. The first kappa shape index (κ1) is 15.3. The maximum absolute atomic E-state index is 5.72. The fourth-order valence-electron chi connectivity index (χ4n) is 1.88. The summed E-state index contributed by atoms with van der Waals surface area (Å²) in [6.07, 6.45) is 2.12. The van der Waals surface area contributed by atoms with Crippen molar-refractivity contribution in [3.63, 3.8) is 0 Å². The molecule has 0 aromatic carbocycles. The van der Waals surface area contributed by atoms with Gasteiger partial charge >= 0.3 is 0 Å². The Bertz CT molecular complexity index is 191. The van der Waals surface area contributed by atoms with Crippen molar-refractivity contribution in [1.29, 1.82) is 0 Å². The molecule has 0 aliphatic carbocycles. The van der Waals surface area contributed by atoms with Crippen molar-refractivity contribution in [2.45, 2.75) is 26.7 Å². The van der Waals surface area contributed by atoms with Gasteiger partial charge < -0.3 is 14.2 Å². The first-order valence-corrected chi connectivity index (χ1v) is 7.16. The zero-order chi connectivity index (χ0) is 12.6. The zero-order valence-corrected chi connectivity index (χ0v) is 12.0. The molecule has 1 rings (SSSR count). The molecule has 0 N–H and O–H groups in total. The molecule has 102 valence electrons. The van der Waals surface area contributed by atoms with Crippen LogP contribution >= 0.6 is 12.6 Å². The minimum atomic E-state index is 0.222. The Labute approximate surface area is 111 Å². The van der Waals surface area contributed by atoms with Crippen LogP contribution < -0.4 is 0 Å². The van der Waals surface area contributed by atoms with Gasteiger partial charge in [0.05, 0.1) is 19.8 Å². The van der Waals surface area contributed by atoms with Gasteiger partial charge in [-0.05, 0) is 24.5 Å². The number of thiol groups is 1. The predicted molar refractivity (Wildman–Crippen MR) is 72.8 cm³/mol. The van der Waals surface area contributed by atoms with E-state index in [0.29, 0.717) is 19.1 Å². The largest absolute Gasteiger partial charge is 0.381 e. The van der Waals surface area contributed by atoms with Crippen molar-refractivity contribution in [3.05, 3.63) is 0 Å². The SMILES string of the molecule is CC(C)COCCOCC1(CS)CCOCC1. The molecule has 0 atom stereocenters. The lowest BCUT2D eigenvalue weighted by molar-refractivity contribution is -0.0408. The summed E-state index contributed by atoms with van der Waals surface area (Å²) in [5, 5.41) is 0. The van der Waals surface area contributed by atoms with Gasteiger partial charge in [-0.25, -0.2) is 0 Å². The standard InChI is InChI=1S/C13H26O3S/c1-12(2)9-15-7-8-16-10-13(11-17)3-5-14-6-4-13/h12,17H,3-11H2,1-2H3. The van der Waals surface area contributed by atoms with Gasteiger partial charge in [0.15, 0.2) is 0 Å². The van der Waals surface area contributed by atoms with Gasteiger partial charge in [-0.2, -0.15) is 12.6 Å². The van der Waals surface area contributed by atoms with Crippen LogP contribution in [0.4, 0.5) is 0 Å². The third-order valence-corrected chi connectivity index (χ3v) is 3.79. The van der Waals surface area contributed by atoms with Crippen molar-refractivity contribution >= 4 is 12.6 Å². The Hall–Kier alpha value is 0.230. The van der Waals surface area contributed by atoms with Gasteiger partial charge in [0.1, 0.15) is 0 Å². The number of ether oxygens (including phenoxy) is 3. The van der Waals surface area contributed by atoms with Gasteiger partial charge in [0.2, 0.25) is 0 Å². The molecule has 0 bridgehead atoms. The van der Waals surface area contributed by atoms with E-state index in [4.69, 9.17) is 14.2 Å². The van der Waals surface area contributed by atoms with E-state index in [-0.39, 0.29) is 5.41 Å². The normalized spacial score (nSPS) is 19.8. The minimum Gasteiger partial charge on any atom is -0.381 e. The third-order valence-electron chi connectivity index (χ3n) is 3.12. The van der Waals surface area contributed by atoms with Gasteiger partial charge in [-0.15, -0.1) is 0 Å². The molecule has 4 heteroatoms. The van der Waals surface area contributed by atoms with E-state index in [2.05, 4.69) is 26.5 Å². The van der Waals surface area contributed by atoms with Crippen LogP contribution in [0.25, 0.3) is 0 Å². The van der Waals surface area contributed by atoms with Crippen molar-refractivity contribution in [2.75, 3.05) is 45.4 Å². The highest BCUT2D eigenvalue weighted by Crippen LogP contribution is 2.31. The third kappa shape index (κ3) is 6.09. The maximum Gasteiger partial charge on any atom is 0.0700 e. The summed E-state index contributed by atoms with van der Waals surface area (Å²) < 4.78 is 16.6. The van der Waals surface area contributed by atoms with E-state index >= 15 is 0 Å². The summed E-state index contributed by atoms with van der Waals surface area (Å²) >= 11 is 4.45. The first-order chi connectivity index (χ1) is 8.18. The van der Waals surface area contributed by atoms with Crippen LogP contribution in [-0.2, 0) is 14.2 Å². The second-order valence-corrected chi connectivity index (χ2v) is 5.61. The number of hydrogen-bond acceptors (Lipinski definition) is 4. The highest BCUT2D eigenvalue weighted by molar-refractivity contribution is 7.80. The smallest absolute Gasteiger partial charge is 0.0700 e. The van der Waals surface area contributed by atoms with E-state index in [1.54, 1.807) is 0 Å². The highest BCUT2D eigenvalue weighted by Gasteiger charge is 2.31. The fraction of sp³-hybridized carbons (Fsp3) is 1.00. The Balaban J connectivity index is 2.07. The maximum atomic E-state index is 5.72. The molecule has 1 heterocycles. The lowest BCUT2D eigenvalue weighted by Crippen LogP contribution is -2.36. The fourth-order valence-corrected chi connectivity index (χ4v) is 2.29. The quantitative estimate of drug-likeness (QED) is 0.538. The van der Waals surface area contributed by atoms with E-state index in [0.717, 1.165) is 45.0 Å². The van der Waals surface area contributed by atoms with E-state index in [9.17, 15) is 0 Å². The Kier molecular flexibility index (Phi) is 7.51. The summed E-state index contributed by atoms with van der Waals surface area (Å²) in [5.74, 6) is 1.47. The molecule has 0 unspecified atom stereocenters. The first-order valence-electron chi connectivity index (χ1n) is 6.53. The van der Waals surface area contributed by atoms with Crippen LogP contribution in [0.2, 0.25) is 0 Å². The molecule has 0 radical (unpaired) electrons.